The molecule has 6 heteroatoms. The number of aliphatic imine (C=N–C) groups is 1. The lowest BCUT2D eigenvalue weighted by atomic mass is 10.0. The second-order valence-corrected chi connectivity index (χ2v) is 5.54. The van der Waals surface area contributed by atoms with Crippen molar-refractivity contribution in [3.63, 3.8) is 0 Å². The van der Waals surface area contributed by atoms with Crippen LogP contribution in [-0.2, 0) is 19.5 Å². The molecule has 23 heavy (non-hydrogen) atoms. The van der Waals surface area contributed by atoms with Crippen LogP contribution in [0.3, 0.4) is 0 Å². The van der Waals surface area contributed by atoms with E-state index in [0.29, 0.717) is 0 Å². The number of nitrogens with one attached hydrogen (secondary N) is 1. The fourth-order valence-electron chi connectivity index (χ4n) is 2.88. The molecular weight excluding hydrogens is 401 g/mol. The Labute approximate surface area is 154 Å². The van der Waals surface area contributed by atoms with Gasteiger partial charge in [-0.05, 0) is 30.0 Å². The molecule has 0 saturated heterocycles. The van der Waals surface area contributed by atoms with E-state index in [0.717, 1.165) is 45.0 Å². The molecule has 0 fully saturated rings. The summed E-state index contributed by atoms with van der Waals surface area (Å²) in [7, 11) is 1.86. The van der Waals surface area contributed by atoms with Gasteiger partial charge in [0.15, 0.2) is 5.96 Å². The van der Waals surface area contributed by atoms with E-state index in [1.807, 2.05) is 30.2 Å². The summed E-state index contributed by atoms with van der Waals surface area (Å²) >= 11 is 0. The van der Waals surface area contributed by atoms with Gasteiger partial charge in [0.05, 0.1) is 0 Å². The molecule has 124 valence electrons. The molecule has 0 amide bonds. The predicted molar refractivity (Wildman–Crippen MR) is 104 cm³/mol. The van der Waals surface area contributed by atoms with Gasteiger partial charge in [-0.3, -0.25) is 9.67 Å². The molecule has 0 atom stereocenters. The standard InChI is InChI=1S/C17H23N5.HI/c1-18-17(19-9-4-11-22-12-5-10-20-22)21-13-8-15-6-2-3-7-16(15)14-21;/h2-3,5-7,10,12H,4,8-9,11,13-14H2,1H3,(H,18,19);1H. The zero-order valence-electron chi connectivity index (χ0n) is 13.5. The molecule has 0 spiro atoms. The van der Waals surface area contributed by atoms with Crippen molar-refractivity contribution in [2.75, 3.05) is 20.1 Å². The summed E-state index contributed by atoms with van der Waals surface area (Å²) in [6.07, 6.45) is 5.93. The minimum Gasteiger partial charge on any atom is -0.356 e. The predicted octanol–water partition coefficient (Wildman–Crippen LogP) is 2.52. The largest absolute Gasteiger partial charge is 0.356 e. The molecule has 0 bridgehead atoms. The topological polar surface area (TPSA) is 45.5 Å². The molecule has 5 nitrogen and oxygen atoms in total. The monoisotopic (exact) mass is 425 g/mol. The van der Waals surface area contributed by atoms with Crippen molar-refractivity contribution in [1.82, 2.24) is 20.0 Å². The lowest BCUT2D eigenvalue weighted by Crippen LogP contribution is -2.44. The normalized spacial score (nSPS) is 14.1. The maximum Gasteiger partial charge on any atom is 0.193 e. The molecular formula is C17H24IN5. The number of rotatable bonds is 4. The minimum atomic E-state index is 0. The SMILES string of the molecule is CN=C(NCCCn1cccn1)N1CCc2ccccc2C1.I. The Bertz CT molecular complexity index is 624. The molecule has 1 aromatic carbocycles. The first-order chi connectivity index (χ1) is 10.9. The van der Waals surface area contributed by atoms with Crippen molar-refractivity contribution < 1.29 is 0 Å². The lowest BCUT2D eigenvalue weighted by molar-refractivity contribution is 0.377. The number of halogens is 1. The van der Waals surface area contributed by atoms with Gasteiger partial charge >= 0.3 is 0 Å². The number of aromatic nitrogens is 2. The number of hydrogen-bond acceptors (Lipinski definition) is 2. The summed E-state index contributed by atoms with van der Waals surface area (Å²) < 4.78 is 1.96. The highest BCUT2D eigenvalue weighted by atomic mass is 127. The van der Waals surface area contributed by atoms with E-state index >= 15 is 0 Å². The number of fused-ring (bicyclic) bond motifs is 1. The average molecular weight is 425 g/mol. The van der Waals surface area contributed by atoms with Crippen molar-refractivity contribution in [1.29, 1.82) is 0 Å². The second kappa shape index (κ2) is 8.90. The van der Waals surface area contributed by atoms with E-state index in [1.165, 1.54) is 11.1 Å². The Morgan fingerprint density at radius 3 is 2.83 bits per heavy atom. The first kappa shape index (κ1) is 17.8. The van der Waals surface area contributed by atoms with Crippen LogP contribution in [-0.4, -0.2) is 40.8 Å². The Morgan fingerprint density at radius 2 is 2.09 bits per heavy atom. The van der Waals surface area contributed by atoms with Crippen LogP contribution >= 0.6 is 24.0 Å². The van der Waals surface area contributed by atoms with Crippen molar-refractivity contribution in [2.45, 2.75) is 25.9 Å². The fourth-order valence-corrected chi connectivity index (χ4v) is 2.88. The molecule has 3 rings (SSSR count). The molecule has 0 unspecified atom stereocenters. The van der Waals surface area contributed by atoms with E-state index in [1.54, 1.807) is 0 Å². The zero-order chi connectivity index (χ0) is 15.2. The van der Waals surface area contributed by atoms with Crippen molar-refractivity contribution in [3.05, 3.63) is 53.9 Å². The Balaban J connectivity index is 0.00000192. The molecule has 2 aromatic rings. The Hall–Kier alpha value is -1.57. The van der Waals surface area contributed by atoms with Gasteiger partial charge < -0.3 is 10.2 Å². The molecule has 0 radical (unpaired) electrons. The van der Waals surface area contributed by atoms with Gasteiger partial charge in [-0.15, -0.1) is 24.0 Å². The number of benzene rings is 1. The molecule has 0 aliphatic carbocycles. The number of guanidine groups is 1. The third kappa shape index (κ3) is 4.70. The van der Waals surface area contributed by atoms with Crippen LogP contribution < -0.4 is 5.32 Å². The van der Waals surface area contributed by atoms with Crippen LogP contribution in [0.2, 0.25) is 0 Å². The van der Waals surface area contributed by atoms with Gasteiger partial charge in [0.25, 0.3) is 0 Å². The molecule has 1 N–H and O–H groups in total. The first-order valence-corrected chi connectivity index (χ1v) is 7.86. The molecule has 1 aliphatic rings. The number of nitrogens with zero attached hydrogens (tertiary/aromatic N) is 4. The van der Waals surface area contributed by atoms with Crippen LogP contribution in [0.1, 0.15) is 17.5 Å². The molecule has 1 aromatic heterocycles. The first-order valence-electron chi connectivity index (χ1n) is 7.86. The maximum atomic E-state index is 4.43. The Kier molecular flexibility index (Phi) is 6.88. The average Bonchev–Trinajstić information content (AvgIpc) is 3.08. The highest BCUT2D eigenvalue weighted by Gasteiger charge is 2.18. The van der Waals surface area contributed by atoms with Gasteiger partial charge in [0.2, 0.25) is 0 Å². The smallest absolute Gasteiger partial charge is 0.193 e. The van der Waals surface area contributed by atoms with Crippen molar-refractivity contribution in [2.24, 2.45) is 4.99 Å². The summed E-state index contributed by atoms with van der Waals surface area (Å²) in [5.41, 5.74) is 2.88. The molecule has 0 saturated carbocycles. The summed E-state index contributed by atoms with van der Waals surface area (Å²) in [4.78, 5) is 6.76. The van der Waals surface area contributed by atoms with E-state index in [-0.39, 0.29) is 24.0 Å². The van der Waals surface area contributed by atoms with Crippen LogP contribution in [0.15, 0.2) is 47.7 Å². The van der Waals surface area contributed by atoms with Crippen molar-refractivity contribution in [3.8, 4) is 0 Å². The van der Waals surface area contributed by atoms with E-state index in [9.17, 15) is 0 Å². The van der Waals surface area contributed by atoms with Gasteiger partial charge in [0.1, 0.15) is 0 Å². The number of hydrogen-bond donors (Lipinski definition) is 1. The Morgan fingerprint density at radius 1 is 1.26 bits per heavy atom. The highest BCUT2D eigenvalue weighted by molar-refractivity contribution is 14.0. The zero-order valence-corrected chi connectivity index (χ0v) is 15.8. The van der Waals surface area contributed by atoms with Crippen LogP contribution in [0.25, 0.3) is 0 Å². The quantitative estimate of drug-likeness (QED) is 0.355. The maximum absolute atomic E-state index is 4.43. The summed E-state index contributed by atoms with van der Waals surface area (Å²) in [5.74, 6) is 0.995. The summed E-state index contributed by atoms with van der Waals surface area (Å²) in [6, 6.07) is 10.6. The third-order valence-electron chi connectivity index (χ3n) is 4.05. The van der Waals surface area contributed by atoms with Crippen molar-refractivity contribution >= 4 is 29.9 Å². The molecule has 2 heterocycles. The van der Waals surface area contributed by atoms with E-state index in [4.69, 9.17) is 0 Å². The molecule has 1 aliphatic heterocycles. The van der Waals surface area contributed by atoms with Gasteiger partial charge in [-0.25, -0.2) is 0 Å². The lowest BCUT2D eigenvalue weighted by Gasteiger charge is -2.31. The van der Waals surface area contributed by atoms with E-state index < -0.39 is 0 Å². The fraction of sp³-hybridized carbons (Fsp3) is 0.412. The third-order valence-corrected chi connectivity index (χ3v) is 4.05. The van der Waals surface area contributed by atoms with Gasteiger partial charge in [0, 0.05) is 45.6 Å². The minimum absolute atomic E-state index is 0. The second-order valence-electron chi connectivity index (χ2n) is 5.54. The van der Waals surface area contributed by atoms with Gasteiger partial charge in [-0.1, -0.05) is 24.3 Å². The van der Waals surface area contributed by atoms with E-state index in [2.05, 4.69) is 44.6 Å². The summed E-state index contributed by atoms with van der Waals surface area (Å²) in [5, 5.41) is 7.68. The van der Waals surface area contributed by atoms with Gasteiger partial charge in [-0.2, -0.15) is 5.10 Å². The van der Waals surface area contributed by atoms with Crippen LogP contribution in [0.5, 0.6) is 0 Å². The number of aryl methyl sites for hydroxylation is 1. The highest BCUT2D eigenvalue weighted by Crippen LogP contribution is 2.18. The van der Waals surface area contributed by atoms with Crippen LogP contribution in [0.4, 0.5) is 0 Å². The van der Waals surface area contributed by atoms with Crippen LogP contribution in [0, 0.1) is 0 Å². The summed E-state index contributed by atoms with van der Waals surface area (Å²) in [6.45, 7) is 3.80.